The maximum Gasteiger partial charge on any atom is 0.216 e. The molecular formula is C20H33O2Si. The van der Waals surface area contributed by atoms with Crippen LogP contribution < -0.4 is 4.74 Å². The Balaban J connectivity index is 2.05. The Bertz CT molecular complexity index is 474. The minimum atomic E-state index is -0.836. The van der Waals surface area contributed by atoms with E-state index in [1.54, 1.807) is 7.11 Å². The van der Waals surface area contributed by atoms with Gasteiger partial charge in [0.05, 0.1) is 7.11 Å². The van der Waals surface area contributed by atoms with Crippen molar-refractivity contribution in [3.05, 3.63) is 29.8 Å². The average Bonchev–Trinajstić information content (AvgIpc) is 2.54. The summed E-state index contributed by atoms with van der Waals surface area (Å²) in [5.74, 6) is 3.26. The van der Waals surface area contributed by atoms with Gasteiger partial charge in [0.25, 0.3) is 0 Å². The Hall–Kier alpha value is -0.803. The van der Waals surface area contributed by atoms with Crippen molar-refractivity contribution in [2.24, 2.45) is 17.8 Å². The predicted octanol–water partition coefficient (Wildman–Crippen LogP) is 5.27. The lowest BCUT2D eigenvalue weighted by atomic mass is 9.75. The first-order valence-corrected chi connectivity index (χ1v) is 11.0. The van der Waals surface area contributed by atoms with E-state index in [0.29, 0.717) is 6.10 Å². The molecule has 129 valence electrons. The first kappa shape index (κ1) is 18.5. The molecule has 0 bridgehead atoms. The molecule has 3 heteroatoms. The Morgan fingerprint density at radius 2 is 1.96 bits per heavy atom. The van der Waals surface area contributed by atoms with Gasteiger partial charge in [-0.2, -0.15) is 0 Å². The van der Waals surface area contributed by atoms with Crippen molar-refractivity contribution in [3.63, 3.8) is 0 Å². The summed E-state index contributed by atoms with van der Waals surface area (Å²) < 4.78 is 12.3. The van der Waals surface area contributed by atoms with Crippen LogP contribution >= 0.6 is 0 Å². The van der Waals surface area contributed by atoms with E-state index in [-0.39, 0.29) is 0 Å². The van der Waals surface area contributed by atoms with E-state index in [2.05, 4.69) is 45.9 Å². The van der Waals surface area contributed by atoms with Crippen molar-refractivity contribution in [1.82, 2.24) is 0 Å². The molecule has 0 aromatic heterocycles. The number of hydrogen-bond donors (Lipinski definition) is 0. The van der Waals surface area contributed by atoms with Crippen LogP contribution in [0.1, 0.15) is 52.5 Å². The molecule has 0 amide bonds. The lowest BCUT2D eigenvalue weighted by Gasteiger charge is -2.39. The standard InChI is InChI=1S/C20H33O2Si/c1-6-23(14-17-9-7-8-10-19(17)21-5)22-20-13-16(4)11-12-18(20)15(2)3/h7-10,15-16,18,20H,6,11-14H2,1-5H3/t16-,18+,20-/m0/s1. The normalized spacial score (nSPS) is 25.1. The van der Waals surface area contributed by atoms with Crippen LogP contribution in [0.3, 0.4) is 0 Å². The highest BCUT2D eigenvalue weighted by Crippen LogP contribution is 2.36. The Kier molecular flexibility index (Phi) is 7.16. The van der Waals surface area contributed by atoms with Crippen LogP contribution in [0, 0.1) is 17.8 Å². The van der Waals surface area contributed by atoms with Gasteiger partial charge in [0.2, 0.25) is 9.04 Å². The highest BCUT2D eigenvalue weighted by Gasteiger charge is 2.33. The summed E-state index contributed by atoms with van der Waals surface area (Å²) >= 11 is 0. The zero-order valence-corrected chi connectivity index (χ0v) is 16.5. The topological polar surface area (TPSA) is 18.5 Å². The van der Waals surface area contributed by atoms with Gasteiger partial charge >= 0.3 is 0 Å². The highest BCUT2D eigenvalue weighted by atomic mass is 28.3. The molecule has 2 rings (SSSR count). The van der Waals surface area contributed by atoms with Crippen molar-refractivity contribution in [2.45, 2.75) is 65.1 Å². The Morgan fingerprint density at radius 3 is 2.61 bits per heavy atom. The lowest BCUT2D eigenvalue weighted by Crippen LogP contribution is -2.39. The summed E-state index contributed by atoms with van der Waals surface area (Å²) in [5.41, 5.74) is 1.30. The fourth-order valence-corrected chi connectivity index (χ4v) is 5.69. The van der Waals surface area contributed by atoms with E-state index in [4.69, 9.17) is 9.16 Å². The highest BCUT2D eigenvalue weighted by molar-refractivity contribution is 6.51. The maximum atomic E-state index is 6.73. The van der Waals surface area contributed by atoms with E-state index in [1.807, 2.05) is 6.07 Å². The number of rotatable bonds is 7. The molecule has 0 aliphatic heterocycles. The van der Waals surface area contributed by atoms with E-state index < -0.39 is 9.04 Å². The van der Waals surface area contributed by atoms with Crippen molar-refractivity contribution < 1.29 is 9.16 Å². The van der Waals surface area contributed by atoms with Gasteiger partial charge in [-0.25, -0.2) is 0 Å². The predicted molar refractivity (Wildman–Crippen MR) is 99.1 cm³/mol. The first-order chi connectivity index (χ1) is 11.0. The third-order valence-corrected chi connectivity index (χ3v) is 7.45. The van der Waals surface area contributed by atoms with Crippen molar-refractivity contribution in [1.29, 1.82) is 0 Å². The molecule has 3 atom stereocenters. The van der Waals surface area contributed by atoms with Crippen LogP contribution in [0.15, 0.2) is 24.3 Å². The van der Waals surface area contributed by atoms with Gasteiger partial charge in [0, 0.05) is 6.10 Å². The SMILES string of the molecule is CC[Si](Cc1ccccc1OC)O[C@H]1C[C@@H](C)CC[C@@H]1C(C)C. The van der Waals surface area contributed by atoms with Crippen LogP contribution in [0.4, 0.5) is 0 Å². The third kappa shape index (κ3) is 5.08. The zero-order chi connectivity index (χ0) is 16.8. The fourth-order valence-electron chi connectivity index (χ4n) is 3.78. The zero-order valence-electron chi connectivity index (χ0n) is 15.5. The Labute approximate surface area is 144 Å². The average molecular weight is 334 g/mol. The second kappa shape index (κ2) is 8.88. The van der Waals surface area contributed by atoms with Crippen molar-refractivity contribution in [2.75, 3.05) is 7.11 Å². The van der Waals surface area contributed by atoms with Gasteiger partial charge in [-0.3, -0.25) is 0 Å². The molecule has 0 heterocycles. The summed E-state index contributed by atoms with van der Waals surface area (Å²) in [5, 5.41) is 0. The van der Waals surface area contributed by atoms with Crippen LogP contribution in [0.5, 0.6) is 5.75 Å². The van der Waals surface area contributed by atoms with Crippen LogP contribution in [0.25, 0.3) is 0 Å². The number of methoxy groups -OCH3 is 1. The number of hydrogen-bond acceptors (Lipinski definition) is 2. The second-order valence-corrected chi connectivity index (χ2v) is 9.74. The smallest absolute Gasteiger partial charge is 0.216 e. The Morgan fingerprint density at radius 1 is 1.22 bits per heavy atom. The van der Waals surface area contributed by atoms with Gasteiger partial charge in [-0.1, -0.05) is 52.3 Å². The van der Waals surface area contributed by atoms with Crippen LogP contribution in [0.2, 0.25) is 6.04 Å². The molecule has 0 saturated heterocycles. The van der Waals surface area contributed by atoms with Gasteiger partial charge in [-0.05, 0) is 54.3 Å². The first-order valence-electron chi connectivity index (χ1n) is 9.18. The van der Waals surface area contributed by atoms with E-state index in [0.717, 1.165) is 35.6 Å². The number of benzene rings is 1. The summed E-state index contributed by atoms with van der Waals surface area (Å²) in [7, 11) is 0.924. The lowest BCUT2D eigenvalue weighted by molar-refractivity contribution is 0.0432. The maximum absolute atomic E-state index is 6.73. The molecular weight excluding hydrogens is 300 g/mol. The molecule has 1 saturated carbocycles. The molecule has 1 aliphatic carbocycles. The molecule has 1 aromatic rings. The second-order valence-electron chi connectivity index (χ2n) is 7.36. The van der Waals surface area contributed by atoms with Crippen molar-refractivity contribution in [3.8, 4) is 5.75 Å². The molecule has 2 nitrogen and oxygen atoms in total. The van der Waals surface area contributed by atoms with E-state index in [9.17, 15) is 0 Å². The van der Waals surface area contributed by atoms with Crippen LogP contribution in [-0.2, 0) is 10.5 Å². The number of para-hydroxylation sites is 1. The molecule has 1 aromatic carbocycles. The molecule has 0 unspecified atom stereocenters. The molecule has 1 fully saturated rings. The molecule has 0 N–H and O–H groups in total. The van der Waals surface area contributed by atoms with Gasteiger partial charge in [0.15, 0.2) is 0 Å². The monoisotopic (exact) mass is 333 g/mol. The summed E-state index contributed by atoms with van der Waals surface area (Å²) in [6, 6.07) is 10.6. The molecule has 23 heavy (non-hydrogen) atoms. The minimum absolute atomic E-state index is 0.460. The third-order valence-electron chi connectivity index (χ3n) is 5.25. The summed E-state index contributed by atoms with van der Waals surface area (Å²) in [6.45, 7) is 9.37. The van der Waals surface area contributed by atoms with Crippen molar-refractivity contribution >= 4 is 9.04 Å². The molecule has 1 radical (unpaired) electrons. The number of ether oxygens (including phenoxy) is 1. The molecule has 1 aliphatic rings. The largest absolute Gasteiger partial charge is 0.496 e. The van der Waals surface area contributed by atoms with E-state index in [1.165, 1.54) is 24.8 Å². The van der Waals surface area contributed by atoms with Crippen LogP contribution in [-0.4, -0.2) is 22.3 Å². The summed E-state index contributed by atoms with van der Waals surface area (Å²) in [6.07, 6.45) is 4.39. The fraction of sp³-hybridized carbons (Fsp3) is 0.700. The summed E-state index contributed by atoms with van der Waals surface area (Å²) in [4.78, 5) is 0. The quantitative estimate of drug-likeness (QED) is 0.633. The van der Waals surface area contributed by atoms with E-state index >= 15 is 0 Å². The van der Waals surface area contributed by atoms with Gasteiger partial charge in [-0.15, -0.1) is 0 Å². The minimum Gasteiger partial charge on any atom is -0.496 e. The molecule has 0 spiro atoms. The van der Waals surface area contributed by atoms with Gasteiger partial charge in [0.1, 0.15) is 5.75 Å². The van der Waals surface area contributed by atoms with Gasteiger partial charge < -0.3 is 9.16 Å².